The van der Waals surface area contributed by atoms with Gasteiger partial charge in [-0.05, 0) is 63.4 Å². The molecular weight excluding hydrogens is 383 g/mol. The summed E-state index contributed by atoms with van der Waals surface area (Å²) in [5.74, 6) is -1.20. The van der Waals surface area contributed by atoms with Crippen LogP contribution < -0.4 is 10.6 Å². The average Bonchev–Trinajstić information content (AvgIpc) is 2.73. The maximum absolute atomic E-state index is 13.2. The van der Waals surface area contributed by atoms with E-state index in [1.807, 2.05) is 13.8 Å². The van der Waals surface area contributed by atoms with E-state index in [0.29, 0.717) is 12.0 Å². The van der Waals surface area contributed by atoms with E-state index in [9.17, 15) is 18.8 Å². The van der Waals surface area contributed by atoms with E-state index in [1.165, 1.54) is 24.3 Å². The molecule has 0 bridgehead atoms. The maximum Gasteiger partial charge on any atom is 0.252 e. The van der Waals surface area contributed by atoms with Gasteiger partial charge in [0, 0.05) is 29.1 Å². The lowest BCUT2D eigenvalue weighted by Gasteiger charge is -2.29. The third kappa shape index (κ3) is 5.32. The van der Waals surface area contributed by atoms with Gasteiger partial charge in [0.25, 0.3) is 5.91 Å². The van der Waals surface area contributed by atoms with Gasteiger partial charge >= 0.3 is 0 Å². The largest absolute Gasteiger partial charge is 0.354 e. The molecule has 0 saturated heterocycles. The van der Waals surface area contributed by atoms with Gasteiger partial charge in [0.15, 0.2) is 5.78 Å². The molecule has 2 amide bonds. The second-order valence-corrected chi connectivity index (χ2v) is 8.08. The molecule has 1 aliphatic rings. The number of rotatable bonds is 6. The number of halogens is 1. The average molecular weight is 410 g/mol. The van der Waals surface area contributed by atoms with Crippen LogP contribution in [0.1, 0.15) is 65.8 Å². The summed E-state index contributed by atoms with van der Waals surface area (Å²) in [5, 5.41) is 5.94. The first kappa shape index (κ1) is 21.7. The molecule has 2 unspecified atom stereocenters. The predicted octanol–water partition coefficient (Wildman–Crippen LogP) is 3.87. The van der Waals surface area contributed by atoms with Gasteiger partial charge in [0.1, 0.15) is 5.82 Å². The Hall–Kier alpha value is -3.02. The van der Waals surface area contributed by atoms with Gasteiger partial charge < -0.3 is 10.6 Å². The van der Waals surface area contributed by atoms with Gasteiger partial charge in [-0.2, -0.15) is 0 Å². The topological polar surface area (TPSA) is 75.3 Å². The molecule has 0 heterocycles. The third-order valence-corrected chi connectivity index (χ3v) is 5.33. The SMILES string of the molecule is CC(C)NC(=O)C1CCCC(NC(=O)c2ccccc2C(=O)c2ccc(F)cc2)C1. The molecule has 0 spiro atoms. The van der Waals surface area contributed by atoms with Crippen molar-refractivity contribution in [2.75, 3.05) is 0 Å². The van der Waals surface area contributed by atoms with Crippen molar-refractivity contribution in [1.82, 2.24) is 10.6 Å². The van der Waals surface area contributed by atoms with E-state index in [2.05, 4.69) is 10.6 Å². The smallest absolute Gasteiger partial charge is 0.252 e. The molecule has 1 fully saturated rings. The molecule has 2 N–H and O–H groups in total. The molecule has 1 aliphatic carbocycles. The van der Waals surface area contributed by atoms with Crippen molar-refractivity contribution in [2.24, 2.45) is 5.92 Å². The third-order valence-electron chi connectivity index (χ3n) is 5.33. The minimum absolute atomic E-state index is 0.0239. The number of hydrogen-bond acceptors (Lipinski definition) is 3. The van der Waals surface area contributed by atoms with Crippen LogP contribution in [0.2, 0.25) is 0 Å². The highest BCUT2D eigenvalue weighted by Gasteiger charge is 2.29. The van der Waals surface area contributed by atoms with Gasteiger partial charge in [0.2, 0.25) is 5.91 Å². The zero-order valence-electron chi connectivity index (χ0n) is 17.3. The molecule has 2 atom stereocenters. The van der Waals surface area contributed by atoms with Crippen LogP contribution >= 0.6 is 0 Å². The first-order valence-corrected chi connectivity index (χ1v) is 10.4. The van der Waals surface area contributed by atoms with Crippen LogP contribution in [0.25, 0.3) is 0 Å². The molecule has 0 aliphatic heterocycles. The number of amides is 2. The number of carbonyl (C=O) groups is 3. The van der Waals surface area contributed by atoms with Crippen molar-refractivity contribution >= 4 is 17.6 Å². The van der Waals surface area contributed by atoms with E-state index in [0.717, 1.165) is 19.3 Å². The van der Waals surface area contributed by atoms with E-state index in [-0.39, 0.29) is 46.7 Å². The summed E-state index contributed by atoms with van der Waals surface area (Å²) in [6.07, 6.45) is 3.05. The second kappa shape index (κ2) is 9.65. The van der Waals surface area contributed by atoms with E-state index >= 15 is 0 Å². The Morgan fingerprint density at radius 2 is 1.63 bits per heavy atom. The van der Waals surface area contributed by atoms with Crippen LogP contribution in [-0.4, -0.2) is 29.7 Å². The van der Waals surface area contributed by atoms with E-state index < -0.39 is 5.82 Å². The molecule has 5 nitrogen and oxygen atoms in total. The van der Waals surface area contributed by atoms with Crippen LogP contribution in [0.3, 0.4) is 0 Å². The Balaban J connectivity index is 1.72. The van der Waals surface area contributed by atoms with Crippen molar-refractivity contribution in [3.05, 3.63) is 71.0 Å². The summed E-state index contributed by atoms with van der Waals surface area (Å²) < 4.78 is 13.2. The second-order valence-electron chi connectivity index (χ2n) is 8.08. The molecule has 158 valence electrons. The number of nitrogens with one attached hydrogen (secondary N) is 2. The lowest BCUT2D eigenvalue weighted by Crippen LogP contribution is -2.44. The molecule has 0 aromatic heterocycles. The summed E-state index contributed by atoms with van der Waals surface area (Å²) in [6, 6.07) is 11.8. The zero-order valence-corrected chi connectivity index (χ0v) is 17.3. The number of ketones is 1. The fourth-order valence-electron chi connectivity index (χ4n) is 3.86. The van der Waals surface area contributed by atoms with Crippen molar-refractivity contribution in [3.63, 3.8) is 0 Å². The Morgan fingerprint density at radius 1 is 0.967 bits per heavy atom. The Labute approximate surface area is 176 Å². The molecule has 0 radical (unpaired) electrons. The first-order chi connectivity index (χ1) is 14.3. The normalized spacial score (nSPS) is 18.7. The Morgan fingerprint density at radius 3 is 2.30 bits per heavy atom. The van der Waals surface area contributed by atoms with Gasteiger partial charge in [-0.3, -0.25) is 14.4 Å². The van der Waals surface area contributed by atoms with E-state index in [1.54, 1.807) is 24.3 Å². The summed E-state index contributed by atoms with van der Waals surface area (Å²) in [4.78, 5) is 38.2. The van der Waals surface area contributed by atoms with E-state index in [4.69, 9.17) is 0 Å². The summed E-state index contributed by atoms with van der Waals surface area (Å²) in [6.45, 7) is 3.85. The highest BCUT2D eigenvalue weighted by atomic mass is 19.1. The molecule has 1 saturated carbocycles. The van der Waals surface area contributed by atoms with Crippen LogP contribution in [0.4, 0.5) is 4.39 Å². The molecule has 6 heteroatoms. The fraction of sp³-hybridized carbons (Fsp3) is 0.375. The lowest BCUT2D eigenvalue weighted by molar-refractivity contribution is -0.126. The highest BCUT2D eigenvalue weighted by Crippen LogP contribution is 2.25. The minimum Gasteiger partial charge on any atom is -0.354 e. The Bertz CT molecular complexity index is 924. The van der Waals surface area contributed by atoms with Gasteiger partial charge in [0.05, 0.1) is 5.56 Å². The zero-order chi connectivity index (χ0) is 21.7. The van der Waals surface area contributed by atoms with Crippen molar-refractivity contribution in [1.29, 1.82) is 0 Å². The van der Waals surface area contributed by atoms with Crippen LogP contribution in [-0.2, 0) is 4.79 Å². The van der Waals surface area contributed by atoms with Gasteiger partial charge in [-0.15, -0.1) is 0 Å². The summed E-state index contributed by atoms with van der Waals surface area (Å²) >= 11 is 0. The van der Waals surface area contributed by atoms with Crippen LogP contribution in [0.15, 0.2) is 48.5 Å². The summed E-state index contributed by atoms with van der Waals surface area (Å²) in [5.41, 5.74) is 0.867. The quantitative estimate of drug-likeness (QED) is 0.710. The molecule has 30 heavy (non-hydrogen) atoms. The highest BCUT2D eigenvalue weighted by molar-refractivity contribution is 6.15. The molecule has 2 aromatic carbocycles. The maximum atomic E-state index is 13.2. The lowest BCUT2D eigenvalue weighted by atomic mass is 9.84. The standard InChI is InChI=1S/C24H27FN2O3/c1-15(2)26-23(29)17-6-5-7-19(14-17)27-24(30)21-9-4-3-8-20(21)22(28)16-10-12-18(25)13-11-16/h3-4,8-13,15,17,19H,5-7,14H2,1-2H3,(H,26,29)(H,27,30). The van der Waals surface area contributed by atoms with Crippen LogP contribution in [0, 0.1) is 11.7 Å². The minimum atomic E-state index is -0.425. The van der Waals surface area contributed by atoms with Crippen molar-refractivity contribution < 1.29 is 18.8 Å². The van der Waals surface area contributed by atoms with Gasteiger partial charge in [-0.25, -0.2) is 4.39 Å². The molecule has 3 rings (SSSR count). The van der Waals surface area contributed by atoms with Crippen LogP contribution in [0.5, 0.6) is 0 Å². The molecular formula is C24H27FN2O3. The Kier molecular flexibility index (Phi) is 6.98. The number of carbonyl (C=O) groups excluding carboxylic acids is 3. The number of benzene rings is 2. The van der Waals surface area contributed by atoms with Gasteiger partial charge in [-0.1, -0.05) is 24.6 Å². The predicted molar refractivity (Wildman–Crippen MR) is 113 cm³/mol. The first-order valence-electron chi connectivity index (χ1n) is 10.4. The molecule has 2 aromatic rings. The van der Waals surface area contributed by atoms with Crippen molar-refractivity contribution in [3.8, 4) is 0 Å². The number of hydrogen-bond donors (Lipinski definition) is 2. The monoisotopic (exact) mass is 410 g/mol. The van der Waals surface area contributed by atoms with Crippen molar-refractivity contribution in [2.45, 2.75) is 51.6 Å². The summed E-state index contributed by atoms with van der Waals surface area (Å²) in [7, 11) is 0. The fourth-order valence-corrected chi connectivity index (χ4v) is 3.86.